The molecule has 2 heterocycles. The second-order valence-electron chi connectivity index (χ2n) is 7.30. The molecule has 5 heteroatoms. The minimum Gasteiger partial charge on any atom is -0.390 e. The molecule has 2 N–H and O–H groups in total. The molecule has 0 radical (unpaired) electrons. The molecule has 1 aliphatic carbocycles. The van der Waals surface area contributed by atoms with E-state index < -0.39 is 6.10 Å². The first kappa shape index (κ1) is 20.0. The van der Waals surface area contributed by atoms with Gasteiger partial charge >= 0.3 is 0 Å². The van der Waals surface area contributed by atoms with Gasteiger partial charge in [-0.1, -0.05) is 25.5 Å². The minimum absolute atomic E-state index is 0.0561. The van der Waals surface area contributed by atoms with Crippen LogP contribution in [0.4, 0.5) is 0 Å². The van der Waals surface area contributed by atoms with E-state index in [9.17, 15) is 10.2 Å². The smallest absolute Gasteiger partial charge is 0.115 e. The van der Waals surface area contributed by atoms with Crippen molar-refractivity contribution in [3.05, 3.63) is 29.4 Å². The van der Waals surface area contributed by atoms with E-state index in [0.717, 1.165) is 29.8 Å². The Kier molecular flexibility index (Phi) is 7.11. The quantitative estimate of drug-likeness (QED) is 0.878. The van der Waals surface area contributed by atoms with Crippen LogP contribution < -0.4 is 0 Å². The minimum atomic E-state index is -0.422. The first-order valence-electron chi connectivity index (χ1n) is 9.29. The van der Waals surface area contributed by atoms with Crippen LogP contribution in [0.3, 0.4) is 0 Å². The topological polar surface area (TPSA) is 75.5 Å². The van der Waals surface area contributed by atoms with E-state index in [1.54, 1.807) is 6.33 Å². The summed E-state index contributed by atoms with van der Waals surface area (Å²) in [5, 5.41) is 19.8. The molecule has 5 atom stereocenters. The molecule has 25 heavy (non-hydrogen) atoms. The van der Waals surface area contributed by atoms with Gasteiger partial charge in [-0.2, -0.15) is 0 Å². The number of hydrogen-bond acceptors (Lipinski definition) is 5. The predicted octanol–water partition coefficient (Wildman–Crippen LogP) is 3.06. The molecule has 3 rings (SSSR count). The van der Waals surface area contributed by atoms with Gasteiger partial charge in [0.05, 0.1) is 24.4 Å². The van der Waals surface area contributed by atoms with Gasteiger partial charge < -0.3 is 14.9 Å². The van der Waals surface area contributed by atoms with Gasteiger partial charge in [-0.25, -0.2) is 9.97 Å². The number of ether oxygens (including phenoxy) is 1. The van der Waals surface area contributed by atoms with Crippen LogP contribution in [-0.2, 0) is 4.74 Å². The third-order valence-corrected chi connectivity index (χ3v) is 5.49. The molecule has 1 aromatic heterocycles. The molecule has 0 amide bonds. The van der Waals surface area contributed by atoms with Crippen molar-refractivity contribution < 1.29 is 14.9 Å². The number of aliphatic hydroxyl groups excluding tert-OH is 2. The van der Waals surface area contributed by atoms with Gasteiger partial charge in [0.2, 0.25) is 0 Å². The van der Waals surface area contributed by atoms with Crippen molar-refractivity contribution in [3.63, 3.8) is 0 Å². The molecule has 5 nitrogen and oxygen atoms in total. The fourth-order valence-corrected chi connectivity index (χ4v) is 3.53. The van der Waals surface area contributed by atoms with Crippen molar-refractivity contribution in [3.8, 4) is 0 Å². The molecule has 2 fully saturated rings. The largest absolute Gasteiger partial charge is 0.390 e. The van der Waals surface area contributed by atoms with Gasteiger partial charge in [-0.15, -0.1) is 0 Å². The van der Waals surface area contributed by atoms with Crippen molar-refractivity contribution in [2.75, 3.05) is 0 Å². The van der Waals surface area contributed by atoms with Crippen LogP contribution in [0.1, 0.15) is 57.0 Å². The van der Waals surface area contributed by atoms with Crippen molar-refractivity contribution in [1.29, 1.82) is 0 Å². The average Bonchev–Trinajstić information content (AvgIpc) is 2.78. The van der Waals surface area contributed by atoms with Crippen molar-refractivity contribution >= 4 is 6.08 Å². The fraction of sp³-hybridized carbons (Fsp3) is 0.700. The summed E-state index contributed by atoms with van der Waals surface area (Å²) in [7, 11) is 0. The van der Waals surface area contributed by atoms with Crippen LogP contribution in [0.15, 0.2) is 12.4 Å². The molecule has 0 unspecified atom stereocenters. The van der Waals surface area contributed by atoms with E-state index in [4.69, 9.17) is 4.74 Å². The number of aryl methyl sites for hydroxylation is 2. The normalized spacial score (nSPS) is 30.7. The monoisotopic (exact) mass is 348 g/mol. The second-order valence-corrected chi connectivity index (χ2v) is 7.30. The first-order valence-corrected chi connectivity index (χ1v) is 9.29. The Morgan fingerprint density at radius 3 is 2.20 bits per heavy atom. The zero-order valence-electron chi connectivity index (χ0n) is 16.0. The van der Waals surface area contributed by atoms with Crippen molar-refractivity contribution in [1.82, 2.24) is 9.97 Å². The highest BCUT2D eigenvalue weighted by atomic mass is 16.5. The van der Waals surface area contributed by atoms with Crippen LogP contribution in [0.5, 0.6) is 0 Å². The molecular weight excluding hydrogens is 316 g/mol. The summed E-state index contributed by atoms with van der Waals surface area (Å²) in [6, 6.07) is 0. The highest BCUT2D eigenvalue weighted by Gasteiger charge is 2.45. The summed E-state index contributed by atoms with van der Waals surface area (Å²) in [4.78, 5) is 8.19. The zero-order valence-corrected chi connectivity index (χ0v) is 16.0. The summed E-state index contributed by atoms with van der Waals surface area (Å²) >= 11 is 0. The van der Waals surface area contributed by atoms with E-state index in [-0.39, 0.29) is 24.2 Å². The predicted molar refractivity (Wildman–Crippen MR) is 99.1 cm³/mol. The maximum Gasteiger partial charge on any atom is 0.115 e. The lowest BCUT2D eigenvalue weighted by Gasteiger charge is -2.34. The Labute approximate surface area is 151 Å². The summed E-state index contributed by atoms with van der Waals surface area (Å²) in [6.07, 6.45) is 7.97. The number of allylic oxidation sites excluding steroid dienone is 1. The van der Waals surface area contributed by atoms with E-state index in [1.165, 1.54) is 6.42 Å². The van der Waals surface area contributed by atoms with E-state index in [2.05, 4.69) is 9.97 Å². The average molecular weight is 348 g/mol. The Morgan fingerprint density at radius 2 is 1.80 bits per heavy atom. The Bertz CT molecular complexity index is 566. The van der Waals surface area contributed by atoms with Gasteiger partial charge in [-0.3, -0.25) is 0 Å². The molecule has 1 saturated heterocycles. The highest BCUT2D eigenvalue weighted by molar-refractivity contribution is 5.53. The molecule has 1 aromatic rings. The Morgan fingerprint density at radius 1 is 1.20 bits per heavy atom. The summed E-state index contributed by atoms with van der Waals surface area (Å²) in [5.74, 6) is 0.459. The van der Waals surface area contributed by atoms with Crippen LogP contribution in [-0.4, -0.2) is 44.6 Å². The van der Waals surface area contributed by atoms with Crippen LogP contribution in [0.25, 0.3) is 6.08 Å². The third-order valence-electron chi connectivity index (χ3n) is 5.49. The first-order chi connectivity index (χ1) is 11.9. The molecule has 0 spiro atoms. The SMILES string of the molecule is C/C=C\c1c(C)ncnc1C.C[C@H]1[C@@H](O)[C@H](C)O[C@@H]1[C@H](O)C1CCC1. The fourth-order valence-electron chi connectivity index (χ4n) is 3.53. The number of nitrogens with zero attached hydrogens (tertiary/aromatic N) is 2. The molecule has 140 valence electrons. The van der Waals surface area contributed by atoms with Gasteiger partial charge in [0.15, 0.2) is 0 Å². The molecule has 2 aliphatic rings. The van der Waals surface area contributed by atoms with Gasteiger partial charge in [0, 0.05) is 22.9 Å². The maximum atomic E-state index is 10.0. The number of aliphatic hydroxyl groups is 2. The molecular formula is C20H32N2O3. The Hall–Kier alpha value is -1.30. The molecule has 0 aromatic carbocycles. The third kappa shape index (κ3) is 4.66. The Balaban J connectivity index is 0.000000186. The summed E-state index contributed by atoms with van der Waals surface area (Å²) in [6.45, 7) is 9.80. The number of hydrogen-bond donors (Lipinski definition) is 2. The molecule has 1 saturated carbocycles. The van der Waals surface area contributed by atoms with Gasteiger partial charge in [-0.05, 0) is 46.5 Å². The zero-order chi connectivity index (χ0) is 18.6. The van der Waals surface area contributed by atoms with Gasteiger partial charge in [0.25, 0.3) is 0 Å². The standard InChI is InChI=1S/C11H20O3.C9H12N2/c1-6-9(12)7(2)14-11(6)10(13)8-4-3-5-8;1-4-5-9-7(2)10-6-11-8(9)3/h6-13H,3-5H2,1-2H3;4-6H,1-3H3/b;5-4-/t6-,7-,9+,10+,11-;/m0./s1. The molecule has 1 aliphatic heterocycles. The van der Waals surface area contributed by atoms with E-state index in [1.807, 2.05) is 46.8 Å². The van der Waals surface area contributed by atoms with Crippen molar-refractivity contribution in [2.45, 2.75) is 78.3 Å². The lowest BCUT2D eigenvalue weighted by molar-refractivity contribution is -0.0798. The van der Waals surface area contributed by atoms with Crippen LogP contribution in [0.2, 0.25) is 0 Å². The lowest BCUT2D eigenvalue weighted by atomic mass is 9.77. The highest BCUT2D eigenvalue weighted by Crippen LogP contribution is 2.37. The van der Waals surface area contributed by atoms with Gasteiger partial charge in [0.1, 0.15) is 6.33 Å². The number of aromatic nitrogens is 2. The maximum absolute atomic E-state index is 10.0. The van der Waals surface area contributed by atoms with Crippen LogP contribution >= 0.6 is 0 Å². The number of rotatable bonds is 3. The summed E-state index contributed by atoms with van der Waals surface area (Å²) < 4.78 is 5.60. The second kappa shape index (κ2) is 8.88. The van der Waals surface area contributed by atoms with Crippen molar-refractivity contribution in [2.24, 2.45) is 11.8 Å². The lowest BCUT2D eigenvalue weighted by Crippen LogP contribution is -2.40. The summed E-state index contributed by atoms with van der Waals surface area (Å²) in [5.41, 5.74) is 3.21. The van der Waals surface area contributed by atoms with Crippen LogP contribution in [0, 0.1) is 25.7 Å². The van der Waals surface area contributed by atoms with E-state index >= 15 is 0 Å². The van der Waals surface area contributed by atoms with E-state index in [0.29, 0.717) is 5.92 Å². The molecule has 0 bridgehead atoms.